The maximum Gasteiger partial charge on any atom is 0.222 e. The van der Waals surface area contributed by atoms with Gasteiger partial charge in [-0.05, 0) is 25.8 Å². The Balaban J connectivity index is 1.66. The molecule has 8 heteroatoms. The summed E-state index contributed by atoms with van der Waals surface area (Å²) in [5.74, 6) is 2.43. The van der Waals surface area contributed by atoms with Crippen molar-refractivity contribution in [1.29, 1.82) is 0 Å². The second-order valence-electron chi connectivity index (χ2n) is 6.70. The SMILES string of the molecule is CNCCN1C(=O)CC[C@H]2CN(c3cc(NCCO)ncn3)CC[C@H]21. The number of aliphatic hydroxyl groups excluding tert-OH is 1. The van der Waals surface area contributed by atoms with Gasteiger partial charge in [-0.25, -0.2) is 9.97 Å². The fourth-order valence-corrected chi connectivity index (χ4v) is 3.88. The number of nitrogens with zero attached hydrogens (tertiary/aromatic N) is 4. The zero-order chi connectivity index (χ0) is 17.6. The monoisotopic (exact) mass is 348 g/mol. The molecule has 0 spiro atoms. The van der Waals surface area contributed by atoms with E-state index in [0.717, 1.165) is 50.7 Å². The predicted octanol–water partition coefficient (Wildman–Crippen LogP) is -0.0825. The van der Waals surface area contributed by atoms with Gasteiger partial charge in [-0.3, -0.25) is 4.79 Å². The summed E-state index contributed by atoms with van der Waals surface area (Å²) >= 11 is 0. The Labute approximate surface area is 148 Å². The lowest BCUT2D eigenvalue weighted by atomic mass is 9.83. The summed E-state index contributed by atoms with van der Waals surface area (Å²) in [4.78, 5) is 25.3. The fraction of sp³-hybridized carbons (Fsp3) is 0.706. The van der Waals surface area contributed by atoms with E-state index in [-0.39, 0.29) is 6.61 Å². The lowest BCUT2D eigenvalue weighted by molar-refractivity contribution is -0.139. The number of hydrogen-bond acceptors (Lipinski definition) is 7. The molecule has 2 aliphatic rings. The van der Waals surface area contributed by atoms with Crippen LogP contribution in [-0.2, 0) is 4.79 Å². The van der Waals surface area contributed by atoms with E-state index in [9.17, 15) is 4.79 Å². The largest absolute Gasteiger partial charge is 0.395 e. The van der Waals surface area contributed by atoms with Crippen LogP contribution in [0.3, 0.4) is 0 Å². The number of aromatic nitrogens is 2. The van der Waals surface area contributed by atoms with Crippen molar-refractivity contribution in [2.24, 2.45) is 5.92 Å². The fourth-order valence-electron chi connectivity index (χ4n) is 3.88. The highest BCUT2D eigenvalue weighted by molar-refractivity contribution is 5.77. The van der Waals surface area contributed by atoms with Crippen LogP contribution in [0.15, 0.2) is 12.4 Å². The third-order valence-corrected chi connectivity index (χ3v) is 5.14. The maximum absolute atomic E-state index is 12.3. The minimum atomic E-state index is 0.0727. The Hall–Kier alpha value is -1.93. The van der Waals surface area contributed by atoms with Gasteiger partial charge in [-0.2, -0.15) is 0 Å². The number of hydrogen-bond donors (Lipinski definition) is 3. The van der Waals surface area contributed by atoms with Crippen LogP contribution in [0.5, 0.6) is 0 Å². The van der Waals surface area contributed by atoms with Gasteiger partial charge in [0.1, 0.15) is 18.0 Å². The number of anilines is 2. The van der Waals surface area contributed by atoms with Crippen LogP contribution in [0.4, 0.5) is 11.6 Å². The first kappa shape index (κ1) is 17.9. The molecule has 3 heterocycles. The molecule has 138 valence electrons. The van der Waals surface area contributed by atoms with E-state index >= 15 is 0 Å². The van der Waals surface area contributed by atoms with E-state index in [1.54, 1.807) is 6.33 Å². The summed E-state index contributed by atoms with van der Waals surface area (Å²) in [6.07, 6.45) is 4.14. The second-order valence-corrected chi connectivity index (χ2v) is 6.70. The molecule has 0 bridgehead atoms. The lowest BCUT2D eigenvalue weighted by Gasteiger charge is -2.47. The van der Waals surface area contributed by atoms with Gasteiger partial charge < -0.3 is 25.5 Å². The smallest absolute Gasteiger partial charge is 0.222 e. The van der Waals surface area contributed by atoms with E-state index < -0.39 is 0 Å². The summed E-state index contributed by atoms with van der Waals surface area (Å²) in [6.45, 7) is 3.99. The quantitative estimate of drug-likeness (QED) is 0.634. The van der Waals surface area contributed by atoms with Crippen molar-refractivity contribution in [3.8, 4) is 0 Å². The van der Waals surface area contributed by atoms with Crippen LogP contribution in [0.25, 0.3) is 0 Å². The Bertz CT molecular complexity index is 584. The van der Waals surface area contributed by atoms with Gasteiger partial charge in [0.25, 0.3) is 0 Å². The molecule has 1 amide bonds. The van der Waals surface area contributed by atoms with Gasteiger partial charge in [0.15, 0.2) is 0 Å². The van der Waals surface area contributed by atoms with Gasteiger partial charge in [-0.15, -0.1) is 0 Å². The highest BCUT2D eigenvalue weighted by atomic mass is 16.3. The Morgan fingerprint density at radius 2 is 2.20 bits per heavy atom. The van der Waals surface area contributed by atoms with E-state index in [1.807, 2.05) is 13.1 Å². The van der Waals surface area contributed by atoms with Crippen LogP contribution in [0.1, 0.15) is 19.3 Å². The molecule has 1 aromatic rings. The highest BCUT2D eigenvalue weighted by Crippen LogP contribution is 2.32. The summed E-state index contributed by atoms with van der Waals surface area (Å²) < 4.78 is 0. The molecule has 0 saturated carbocycles. The van der Waals surface area contributed by atoms with Crippen molar-refractivity contribution in [3.05, 3.63) is 12.4 Å². The van der Waals surface area contributed by atoms with Crippen molar-refractivity contribution >= 4 is 17.5 Å². The molecule has 0 unspecified atom stereocenters. The molecule has 0 aromatic carbocycles. The minimum Gasteiger partial charge on any atom is -0.395 e. The van der Waals surface area contributed by atoms with E-state index in [4.69, 9.17) is 5.11 Å². The number of piperidine rings is 2. The second kappa shape index (κ2) is 8.44. The van der Waals surface area contributed by atoms with E-state index in [0.29, 0.717) is 30.8 Å². The third-order valence-electron chi connectivity index (χ3n) is 5.14. The number of rotatable bonds is 7. The van der Waals surface area contributed by atoms with Gasteiger partial charge in [0.2, 0.25) is 5.91 Å². The number of likely N-dealkylation sites (N-methyl/N-ethyl adjacent to an activating group) is 1. The number of likely N-dealkylation sites (tertiary alicyclic amines) is 1. The number of amides is 1. The first-order valence-electron chi connectivity index (χ1n) is 9.08. The Morgan fingerprint density at radius 1 is 1.32 bits per heavy atom. The molecule has 0 radical (unpaired) electrons. The average molecular weight is 348 g/mol. The molecule has 2 atom stereocenters. The maximum atomic E-state index is 12.3. The van der Waals surface area contributed by atoms with Crippen molar-refractivity contribution in [3.63, 3.8) is 0 Å². The van der Waals surface area contributed by atoms with Crippen molar-refractivity contribution in [1.82, 2.24) is 20.2 Å². The average Bonchev–Trinajstić information content (AvgIpc) is 2.65. The molecule has 2 aliphatic heterocycles. The summed E-state index contributed by atoms with van der Waals surface area (Å²) in [5.41, 5.74) is 0. The first-order valence-corrected chi connectivity index (χ1v) is 9.08. The third kappa shape index (κ3) is 4.19. The molecule has 2 fully saturated rings. The van der Waals surface area contributed by atoms with Crippen LogP contribution < -0.4 is 15.5 Å². The molecule has 3 rings (SSSR count). The van der Waals surface area contributed by atoms with Gasteiger partial charge >= 0.3 is 0 Å². The van der Waals surface area contributed by atoms with Crippen LogP contribution in [0.2, 0.25) is 0 Å². The summed E-state index contributed by atoms with van der Waals surface area (Å²) in [5, 5.41) is 15.2. The standard InChI is InChI=1S/C17H28N6O2/c1-18-5-8-23-14-4-7-22(11-13(14)2-3-17(23)25)16-10-15(19-6-9-24)20-12-21-16/h10,12-14,18,24H,2-9,11H2,1H3,(H,19,20,21)/t13-,14+/m0/s1. The number of aliphatic hydroxyl groups is 1. The number of nitrogens with one attached hydrogen (secondary N) is 2. The lowest BCUT2D eigenvalue weighted by Crippen LogP contribution is -2.57. The van der Waals surface area contributed by atoms with E-state index in [2.05, 4.69) is 30.4 Å². The summed E-state index contributed by atoms with van der Waals surface area (Å²) in [7, 11) is 1.92. The van der Waals surface area contributed by atoms with Gasteiger partial charge in [-0.1, -0.05) is 0 Å². The topological polar surface area (TPSA) is 93.6 Å². The normalized spacial score (nSPS) is 23.5. The molecule has 0 aliphatic carbocycles. The van der Waals surface area contributed by atoms with Crippen molar-refractivity contribution in [2.75, 3.05) is 56.6 Å². The van der Waals surface area contributed by atoms with E-state index in [1.165, 1.54) is 0 Å². The number of fused-ring (bicyclic) bond motifs is 1. The van der Waals surface area contributed by atoms with Crippen LogP contribution in [-0.4, -0.2) is 78.3 Å². The Morgan fingerprint density at radius 3 is 3.00 bits per heavy atom. The predicted molar refractivity (Wildman–Crippen MR) is 96.6 cm³/mol. The Kier molecular flexibility index (Phi) is 6.04. The number of carbonyl (C=O) groups is 1. The molecular formula is C17H28N6O2. The molecule has 25 heavy (non-hydrogen) atoms. The minimum absolute atomic E-state index is 0.0727. The van der Waals surface area contributed by atoms with Crippen molar-refractivity contribution < 1.29 is 9.90 Å². The highest BCUT2D eigenvalue weighted by Gasteiger charge is 2.39. The number of carbonyl (C=O) groups excluding carboxylic acids is 1. The molecule has 3 N–H and O–H groups in total. The molecule has 8 nitrogen and oxygen atoms in total. The van der Waals surface area contributed by atoms with Crippen LogP contribution >= 0.6 is 0 Å². The zero-order valence-electron chi connectivity index (χ0n) is 14.8. The van der Waals surface area contributed by atoms with Crippen LogP contribution in [0, 0.1) is 5.92 Å². The van der Waals surface area contributed by atoms with Gasteiger partial charge in [0, 0.05) is 51.3 Å². The molecule has 2 saturated heterocycles. The molecular weight excluding hydrogens is 320 g/mol. The zero-order valence-corrected chi connectivity index (χ0v) is 14.8. The summed E-state index contributed by atoms with van der Waals surface area (Å²) in [6, 6.07) is 2.28. The first-order chi connectivity index (χ1) is 12.2. The van der Waals surface area contributed by atoms with Crippen molar-refractivity contribution in [2.45, 2.75) is 25.3 Å². The van der Waals surface area contributed by atoms with Gasteiger partial charge in [0.05, 0.1) is 6.61 Å². The molecule has 1 aromatic heterocycles.